The van der Waals surface area contributed by atoms with Crippen LogP contribution < -0.4 is 4.90 Å². The minimum atomic E-state index is -3.31. The van der Waals surface area contributed by atoms with Crippen LogP contribution in [0.5, 0.6) is 0 Å². The molecule has 0 unspecified atom stereocenters. The second-order valence-electron chi connectivity index (χ2n) is 6.77. The summed E-state index contributed by atoms with van der Waals surface area (Å²) in [7, 11) is -3.31. The number of sulfone groups is 1. The van der Waals surface area contributed by atoms with Crippen LogP contribution in [0, 0.1) is 0 Å². The quantitative estimate of drug-likeness (QED) is 0.674. The Morgan fingerprint density at radius 1 is 1.04 bits per heavy atom. The van der Waals surface area contributed by atoms with Gasteiger partial charge in [0.2, 0.25) is 15.0 Å². The Hall–Kier alpha value is -2.00. The lowest BCUT2D eigenvalue weighted by molar-refractivity contribution is 0.242. The number of nitrogens with zero attached hydrogens (tertiary/aromatic N) is 6. The molecule has 9 heteroatoms. The topological polar surface area (TPSA) is 84.2 Å². The summed E-state index contributed by atoms with van der Waals surface area (Å²) in [5.74, 6) is 0.980. The molecule has 0 saturated carbocycles. The van der Waals surface area contributed by atoms with Gasteiger partial charge in [-0.2, -0.15) is 0 Å². The predicted molar refractivity (Wildman–Crippen MR) is 104 cm³/mol. The summed E-state index contributed by atoms with van der Waals surface area (Å²) in [5.41, 5.74) is 0.975. The van der Waals surface area contributed by atoms with Gasteiger partial charge in [0.1, 0.15) is 5.82 Å². The fraction of sp³-hybridized carbons (Fsp3) is 0.611. The van der Waals surface area contributed by atoms with Crippen LogP contribution in [-0.4, -0.2) is 64.8 Å². The summed E-state index contributed by atoms with van der Waals surface area (Å²) < 4.78 is 26.6. The smallest absolute Gasteiger partial charge is 0.227 e. The highest BCUT2D eigenvalue weighted by atomic mass is 32.2. The molecule has 148 valence electrons. The van der Waals surface area contributed by atoms with E-state index in [0.29, 0.717) is 13.1 Å². The van der Waals surface area contributed by atoms with Crippen LogP contribution in [0.3, 0.4) is 0 Å². The largest absolute Gasteiger partial charge is 0.353 e. The Morgan fingerprint density at radius 3 is 2.44 bits per heavy atom. The van der Waals surface area contributed by atoms with Gasteiger partial charge in [-0.3, -0.25) is 9.88 Å². The normalized spacial score (nSPS) is 16.0. The molecule has 2 aromatic heterocycles. The zero-order valence-corrected chi connectivity index (χ0v) is 16.9. The molecule has 0 spiro atoms. The van der Waals surface area contributed by atoms with Crippen molar-refractivity contribution >= 4 is 15.7 Å². The van der Waals surface area contributed by atoms with Crippen LogP contribution in [-0.2, 0) is 22.9 Å². The lowest BCUT2D eigenvalue weighted by atomic mass is 10.3. The van der Waals surface area contributed by atoms with E-state index in [2.05, 4.69) is 31.7 Å². The van der Waals surface area contributed by atoms with Gasteiger partial charge in [0.15, 0.2) is 0 Å². The average Bonchev–Trinajstić information content (AvgIpc) is 3.11. The molecule has 0 bridgehead atoms. The SMILES string of the molecule is CCCCn1c(CN2CCN(c3cnccn3)CC2)cnc1S(=O)(=O)CC. The van der Waals surface area contributed by atoms with Gasteiger partial charge in [-0.15, -0.1) is 0 Å². The minimum absolute atomic E-state index is 0.0758. The number of unbranched alkanes of at least 4 members (excludes halogenated alkanes) is 1. The molecule has 0 aliphatic carbocycles. The van der Waals surface area contributed by atoms with Crippen LogP contribution in [0.15, 0.2) is 29.9 Å². The van der Waals surface area contributed by atoms with Crippen LogP contribution in [0.25, 0.3) is 0 Å². The second kappa shape index (κ2) is 8.79. The van der Waals surface area contributed by atoms with Crippen LogP contribution in [0.2, 0.25) is 0 Å². The zero-order valence-electron chi connectivity index (χ0n) is 16.1. The number of anilines is 1. The van der Waals surface area contributed by atoms with Crippen molar-refractivity contribution in [2.24, 2.45) is 0 Å². The molecule has 1 aliphatic heterocycles. The first-order valence-electron chi connectivity index (χ1n) is 9.55. The van der Waals surface area contributed by atoms with Gasteiger partial charge in [0.25, 0.3) is 0 Å². The summed E-state index contributed by atoms with van der Waals surface area (Å²) in [6.45, 7) is 8.72. The van der Waals surface area contributed by atoms with Crippen molar-refractivity contribution in [3.63, 3.8) is 0 Å². The monoisotopic (exact) mass is 392 g/mol. The van der Waals surface area contributed by atoms with E-state index in [1.54, 1.807) is 31.7 Å². The fourth-order valence-electron chi connectivity index (χ4n) is 3.27. The standard InChI is InChI=1S/C18H28N6O2S/c1-3-5-8-24-16(13-21-18(24)27(25,26)4-2)15-22-9-11-23(12-10-22)17-14-19-6-7-20-17/h6-7,13-14H,3-5,8-12,15H2,1-2H3. The molecule has 3 rings (SSSR count). The first-order chi connectivity index (χ1) is 13.0. The van der Waals surface area contributed by atoms with Gasteiger partial charge in [-0.05, 0) is 6.42 Å². The fourth-order valence-corrected chi connectivity index (χ4v) is 4.29. The molecular formula is C18H28N6O2S. The Morgan fingerprint density at radius 2 is 1.81 bits per heavy atom. The first kappa shape index (κ1) is 19.8. The lowest BCUT2D eigenvalue weighted by Gasteiger charge is -2.35. The molecule has 8 nitrogen and oxygen atoms in total. The van der Waals surface area contributed by atoms with E-state index in [1.165, 1.54) is 0 Å². The number of hydrogen-bond acceptors (Lipinski definition) is 7. The van der Waals surface area contributed by atoms with Crippen molar-refractivity contribution < 1.29 is 8.42 Å². The Labute approximate surface area is 161 Å². The van der Waals surface area contributed by atoms with E-state index in [4.69, 9.17) is 0 Å². The highest BCUT2D eigenvalue weighted by Crippen LogP contribution is 2.18. The van der Waals surface area contributed by atoms with Crippen molar-refractivity contribution in [2.45, 2.75) is 44.9 Å². The molecule has 0 amide bonds. The second-order valence-corrected chi connectivity index (χ2v) is 8.94. The van der Waals surface area contributed by atoms with Crippen LogP contribution >= 0.6 is 0 Å². The van der Waals surface area contributed by atoms with Gasteiger partial charge in [0.05, 0.1) is 23.8 Å². The summed E-state index contributed by atoms with van der Waals surface area (Å²) >= 11 is 0. The third-order valence-corrected chi connectivity index (χ3v) is 6.57. The van der Waals surface area contributed by atoms with Crippen molar-refractivity contribution in [2.75, 3.05) is 36.8 Å². The molecular weight excluding hydrogens is 364 g/mol. The molecule has 2 aromatic rings. The van der Waals surface area contributed by atoms with Crippen molar-refractivity contribution in [3.8, 4) is 0 Å². The number of hydrogen-bond donors (Lipinski definition) is 0. The molecule has 1 aliphatic rings. The van der Waals surface area contributed by atoms with E-state index >= 15 is 0 Å². The average molecular weight is 393 g/mol. The van der Waals surface area contributed by atoms with E-state index in [-0.39, 0.29) is 10.9 Å². The van der Waals surface area contributed by atoms with Gasteiger partial charge in [-0.25, -0.2) is 18.4 Å². The predicted octanol–water partition coefficient (Wildman–Crippen LogP) is 1.59. The molecule has 1 fully saturated rings. The molecule has 3 heterocycles. The van der Waals surface area contributed by atoms with E-state index in [1.807, 2.05) is 4.57 Å². The highest BCUT2D eigenvalue weighted by Gasteiger charge is 2.24. The van der Waals surface area contributed by atoms with Gasteiger partial charge in [-0.1, -0.05) is 20.3 Å². The van der Waals surface area contributed by atoms with Gasteiger partial charge < -0.3 is 9.47 Å². The minimum Gasteiger partial charge on any atom is -0.353 e. The van der Waals surface area contributed by atoms with Crippen molar-refractivity contribution in [1.82, 2.24) is 24.4 Å². The maximum Gasteiger partial charge on any atom is 0.227 e. The van der Waals surface area contributed by atoms with Crippen LogP contribution in [0.1, 0.15) is 32.4 Å². The highest BCUT2D eigenvalue weighted by molar-refractivity contribution is 7.91. The molecule has 0 atom stereocenters. The summed E-state index contributed by atoms with van der Waals surface area (Å²) in [5, 5.41) is 0.214. The zero-order chi connectivity index (χ0) is 19.3. The summed E-state index contributed by atoms with van der Waals surface area (Å²) in [4.78, 5) is 17.3. The number of piperazine rings is 1. The third kappa shape index (κ3) is 4.65. The molecule has 0 aromatic carbocycles. The van der Waals surface area contributed by atoms with Crippen LogP contribution in [0.4, 0.5) is 5.82 Å². The van der Waals surface area contributed by atoms with Gasteiger partial charge in [0, 0.05) is 51.7 Å². The van der Waals surface area contributed by atoms with Crippen molar-refractivity contribution in [3.05, 3.63) is 30.5 Å². The lowest BCUT2D eigenvalue weighted by Crippen LogP contribution is -2.46. The number of aromatic nitrogens is 4. The summed E-state index contributed by atoms with van der Waals surface area (Å²) in [6, 6.07) is 0. The molecule has 1 saturated heterocycles. The molecule has 0 N–H and O–H groups in total. The number of rotatable bonds is 8. The number of imidazole rings is 1. The van der Waals surface area contributed by atoms with E-state index in [0.717, 1.165) is 50.5 Å². The molecule has 27 heavy (non-hydrogen) atoms. The van der Waals surface area contributed by atoms with E-state index in [9.17, 15) is 8.42 Å². The maximum absolute atomic E-state index is 12.4. The first-order valence-corrected chi connectivity index (χ1v) is 11.2. The Kier molecular flexibility index (Phi) is 6.43. The summed E-state index contributed by atoms with van der Waals surface area (Å²) in [6.07, 6.45) is 8.86. The maximum atomic E-state index is 12.4. The Balaban J connectivity index is 1.69. The van der Waals surface area contributed by atoms with E-state index < -0.39 is 9.84 Å². The van der Waals surface area contributed by atoms with Gasteiger partial charge >= 0.3 is 0 Å². The van der Waals surface area contributed by atoms with Crippen molar-refractivity contribution in [1.29, 1.82) is 0 Å². The third-order valence-electron chi connectivity index (χ3n) is 4.93. The Bertz CT molecular complexity index is 829. The molecule has 0 radical (unpaired) electrons.